The fraction of sp³-hybridized carbons (Fsp3) is 0.188. The number of aromatic nitrogens is 2. The third-order valence-electron chi connectivity index (χ3n) is 3.75. The van der Waals surface area contributed by atoms with Crippen molar-refractivity contribution < 1.29 is 22.7 Å². The molecule has 23 heavy (non-hydrogen) atoms. The van der Waals surface area contributed by atoms with Crippen LogP contribution in [0.2, 0.25) is 0 Å². The molecule has 1 heterocycles. The van der Waals surface area contributed by atoms with Gasteiger partial charge in [-0.1, -0.05) is 6.07 Å². The van der Waals surface area contributed by atoms with Gasteiger partial charge in [0.2, 0.25) is 0 Å². The van der Waals surface area contributed by atoms with Crippen LogP contribution < -0.4 is 0 Å². The van der Waals surface area contributed by atoms with Crippen LogP contribution in [0.25, 0.3) is 16.6 Å². The minimum atomic E-state index is -4.78. The van der Waals surface area contributed by atoms with E-state index in [4.69, 9.17) is 0 Å². The number of alkyl halides is 3. The summed E-state index contributed by atoms with van der Waals surface area (Å²) in [6.07, 6.45) is -3.39. The Kier molecular flexibility index (Phi) is 3.40. The molecule has 120 valence electrons. The molecule has 1 N–H and O–H groups in total. The Hall–Kier alpha value is -2.41. The number of hydrogen-bond donors (Lipinski definition) is 1. The second kappa shape index (κ2) is 5.06. The number of benzene rings is 2. The fourth-order valence-corrected chi connectivity index (χ4v) is 2.29. The first-order valence-electron chi connectivity index (χ1n) is 6.73. The maximum Gasteiger partial charge on any atom is 0.421 e. The van der Waals surface area contributed by atoms with Crippen LogP contribution in [0.15, 0.2) is 48.7 Å². The molecule has 3 rings (SSSR count). The highest BCUT2D eigenvalue weighted by molar-refractivity contribution is 5.81. The van der Waals surface area contributed by atoms with Crippen molar-refractivity contribution in [3.05, 3.63) is 60.0 Å². The second-order valence-electron chi connectivity index (χ2n) is 5.38. The molecule has 7 heteroatoms. The minimum absolute atomic E-state index is 0.267. The average molecular weight is 324 g/mol. The van der Waals surface area contributed by atoms with Crippen LogP contribution in [0.3, 0.4) is 0 Å². The van der Waals surface area contributed by atoms with E-state index in [1.165, 1.54) is 53.3 Å². The first-order chi connectivity index (χ1) is 10.7. The van der Waals surface area contributed by atoms with Crippen molar-refractivity contribution in [1.29, 1.82) is 0 Å². The SMILES string of the molecule is CC(O)(c1ccc2c(cnn2-c2ccc(F)cc2)c1)C(F)(F)F. The maximum absolute atomic E-state index is 13.0. The van der Waals surface area contributed by atoms with Gasteiger partial charge in [0.1, 0.15) is 5.82 Å². The average Bonchev–Trinajstić information content (AvgIpc) is 2.90. The van der Waals surface area contributed by atoms with Gasteiger partial charge in [-0.3, -0.25) is 0 Å². The van der Waals surface area contributed by atoms with Crippen LogP contribution in [-0.4, -0.2) is 21.1 Å². The van der Waals surface area contributed by atoms with Gasteiger partial charge in [0, 0.05) is 5.39 Å². The fourth-order valence-electron chi connectivity index (χ4n) is 2.29. The molecular weight excluding hydrogens is 312 g/mol. The van der Waals surface area contributed by atoms with Gasteiger partial charge in [0.05, 0.1) is 17.4 Å². The standard InChI is InChI=1S/C16H12F4N2O/c1-15(23,16(18,19)20)11-2-7-14-10(8-11)9-21-22(14)13-5-3-12(17)4-6-13/h2-9,23H,1H3. The van der Waals surface area contributed by atoms with Crippen LogP contribution in [0, 0.1) is 5.82 Å². The van der Waals surface area contributed by atoms with E-state index in [2.05, 4.69) is 5.10 Å². The van der Waals surface area contributed by atoms with Crippen molar-refractivity contribution >= 4 is 10.9 Å². The maximum atomic E-state index is 13.0. The highest BCUT2D eigenvalue weighted by atomic mass is 19.4. The Morgan fingerprint density at radius 2 is 1.70 bits per heavy atom. The number of rotatable bonds is 2. The van der Waals surface area contributed by atoms with E-state index in [-0.39, 0.29) is 5.56 Å². The van der Waals surface area contributed by atoms with Gasteiger partial charge in [-0.05, 0) is 48.9 Å². The molecule has 2 aromatic carbocycles. The van der Waals surface area contributed by atoms with Gasteiger partial charge >= 0.3 is 6.18 Å². The monoisotopic (exact) mass is 324 g/mol. The molecular formula is C16H12F4N2O. The number of fused-ring (bicyclic) bond motifs is 1. The highest BCUT2D eigenvalue weighted by Crippen LogP contribution is 2.39. The van der Waals surface area contributed by atoms with Gasteiger partial charge < -0.3 is 5.11 Å². The molecule has 0 saturated carbocycles. The van der Waals surface area contributed by atoms with Crippen molar-refractivity contribution in [3.8, 4) is 5.69 Å². The zero-order valence-corrected chi connectivity index (χ0v) is 12.0. The molecule has 0 fully saturated rings. The molecule has 1 aromatic heterocycles. The number of hydrogen-bond acceptors (Lipinski definition) is 2. The summed E-state index contributed by atoms with van der Waals surface area (Å²) in [6.45, 7) is 0.707. The number of aliphatic hydroxyl groups is 1. The summed E-state index contributed by atoms with van der Waals surface area (Å²) in [5.41, 5.74) is -2.08. The Morgan fingerprint density at radius 3 is 2.30 bits per heavy atom. The smallest absolute Gasteiger partial charge is 0.376 e. The summed E-state index contributed by atoms with van der Waals surface area (Å²) in [5, 5.41) is 14.3. The van der Waals surface area contributed by atoms with Gasteiger partial charge in [-0.15, -0.1) is 0 Å². The molecule has 0 radical (unpaired) electrons. The summed E-state index contributed by atoms with van der Waals surface area (Å²) in [4.78, 5) is 0. The van der Waals surface area contributed by atoms with E-state index in [0.717, 1.165) is 0 Å². The Morgan fingerprint density at radius 1 is 1.04 bits per heavy atom. The quantitative estimate of drug-likeness (QED) is 0.725. The minimum Gasteiger partial charge on any atom is -0.376 e. The molecule has 0 spiro atoms. The number of nitrogens with zero attached hydrogens (tertiary/aromatic N) is 2. The molecule has 3 aromatic rings. The molecule has 0 aliphatic carbocycles. The van der Waals surface area contributed by atoms with Crippen LogP contribution in [0.4, 0.5) is 17.6 Å². The number of halogens is 4. The van der Waals surface area contributed by atoms with Crippen LogP contribution in [0.1, 0.15) is 12.5 Å². The normalized spacial score (nSPS) is 14.9. The first kappa shape index (κ1) is 15.5. The topological polar surface area (TPSA) is 38.1 Å². The summed E-state index contributed by atoms with van der Waals surface area (Å²) >= 11 is 0. The lowest BCUT2D eigenvalue weighted by atomic mass is 9.94. The van der Waals surface area contributed by atoms with Gasteiger partial charge in [0.25, 0.3) is 0 Å². The summed E-state index contributed by atoms with van der Waals surface area (Å²) < 4.78 is 53.2. The molecule has 0 bridgehead atoms. The lowest BCUT2D eigenvalue weighted by molar-refractivity contribution is -0.258. The lowest BCUT2D eigenvalue weighted by Gasteiger charge is -2.26. The Labute approximate surface area is 128 Å². The van der Waals surface area contributed by atoms with E-state index in [0.29, 0.717) is 23.5 Å². The van der Waals surface area contributed by atoms with E-state index in [1.54, 1.807) is 0 Å². The molecule has 3 nitrogen and oxygen atoms in total. The zero-order chi connectivity index (χ0) is 16.8. The summed E-state index contributed by atoms with van der Waals surface area (Å²) in [6, 6.07) is 9.47. The van der Waals surface area contributed by atoms with Crippen molar-refractivity contribution in [2.24, 2.45) is 0 Å². The van der Waals surface area contributed by atoms with Crippen molar-refractivity contribution in [2.75, 3.05) is 0 Å². The molecule has 1 unspecified atom stereocenters. The van der Waals surface area contributed by atoms with Crippen molar-refractivity contribution in [3.63, 3.8) is 0 Å². The van der Waals surface area contributed by atoms with Crippen molar-refractivity contribution in [1.82, 2.24) is 9.78 Å². The Balaban J connectivity index is 2.09. The zero-order valence-electron chi connectivity index (χ0n) is 12.0. The largest absolute Gasteiger partial charge is 0.421 e. The van der Waals surface area contributed by atoms with Crippen LogP contribution in [0.5, 0.6) is 0 Å². The predicted molar refractivity (Wildman–Crippen MR) is 76.7 cm³/mol. The van der Waals surface area contributed by atoms with Gasteiger partial charge in [-0.25, -0.2) is 9.07 Å². The molecule has 0 saturated heterocycles. The third kappa shape index (κ3) is 2.57. The van der Waals surface area contributed by atoms with E-state index < -0.39 is 17.6 Å². The van der Waals surface area contributed by atoms with Gasteiger partial charge in [0.15, 0.2) is 5.60 Å². The molecule has 1 atom stereocenters. The van der Waals surface area contributed by atoms with Crippen LogP contribution >= 0.6 is 0 Å². The third-order valence-corrected chi connectivity index (χ3v) is 3.75. The summed E-state index contributed by atoms with van der Waals surface area (Å²) in [7, 11) is 0. The molecule has 0 amide bonds. The van der Waals surface area contributed by atoms with Crippen molar-refractivity contribution in [2.45, 2.75) is 18.7 Å². The molecule has 0 aliphatic rings. The van der Waals surface area contributed by atoms with Gasteiger partial charge in [-0.2, -0.15) is 18.3 Å². The van der Waals surface area contributed by atoms with Crippen LogP contribution in [-0.2, 0) is 5.60 Å². The molecule has 0 aliphatic heterocycles. The lowest BCUT2D eigenvalue weighted by Crippen LogP contribution is -2.39. The van der Waals surface area contributed by atoms with E-state index in [1.807, 2.05) is 0 Å². The first-order valence-corrected chi connectivity index (χ1v) is 6.73. The highest BCUT2D eigenvalue weighted by Gasteiger charge is 2.51. The second-order valence-corrected chi connectivity index (χ2v) is 5.38. The summed E-state index contributed by atoms with van der Waals surface area (Å²) in [5.74, 6) is -0.395. The van der Waals surface area contributed by atoms with E-state index in [9.17, 15) is 22.7 Å². The predicted octanol–water partition coefficient (Wildman–Crippen LogP) is 3.93. The van der Waals surface area contributed by atoms with E-state index >= 15 is 0 Å². The Bertz CT molecular complexity index is 851.